The van der Waals surface area contributed by atoms with Crippen LogP contribution in [0.2, 0.25) is 0 Å². The summed E-state index contributed by atoms with van der Waals surface area (Å²) in [6.45, 7) is 0. The molecule has 102 valence electrons. The van der Waals surface area contributed by atoms with Gasteiger partial charge in [0.1, 0.15) is 28.8 Å². The maximum atomic E-state index is 6.01. The lowest BCUT2D eigenvalue weighted by atomic mass is 10.1. The fraction of sp³-hybridized carbons (Fsp3) is 0.308. The minimum absolute atomic E-state index is 0.543. The maximum Gasteiger partial charge on any atom is 0.135 e. The number of nitrogens with zero attached hydrogens (tertiary/aromatic N) is 2. The van der Waals surface area contributed by atoms with Gasteiger partial charge in [0.15, 0.2) is 0 Å². The van der Waals surface area contributed by atoms with E-state index in [4.69, 9.17) is 19.9 Å². The van der Waals surface area contributed by atoms with Crippen LogP contribution in [0.4, 0.5) is 5.82 Å². The topological polar surface area (TPSA) is 71.5 Å². The van der Waals surface area contributed by atoms with Crippen molar-refractivity contribution in [1.29, 1.82) is 0 Å². The highest BCUT2D eigenvalue weighted by atomic mass is 16.5. The molecule has 0 atom stereocenters. The molecule has 1 aromatic heterocycles. The number of aromatic nitrogens is 2. The third-order valence-electron chi connectivity index (χ3n) is 2.93. The predicted octanol–water partition coefficient (Wildman–Crippen LogP) is 1.70. The molecule has 0 fully saturated rings. The molecule has 0 aliphatic heterocycles. The fourth-order valence-corrected chi connectivity index (χ4v) is 1.87. The van der Waals surface area contributed by atoms with Crippen LogP contribution in [0.25, 0.3) is 11.3 Å². The summed E-state index contributed by atoms with van der Waals surface area (Å²) in [5, 5.41) is 0. The summed E-state index contributed by atoms with van der Waals surface area (Å²) < 4.78 is 17.7. The lowest BCUT2D eigenvalue weighted by molar-refractivity contribution is 0.377. The van der Waals surface area contributed by atoms with Crippen LogP contribution >= 0.6 is 0 Å². The van der Waals surface area contributed by atoms with Gasteiger partial charge in [0.05, 0.1) is 33.2 Å². The minimum Gasteiger partial charge on any atom is -0.496 e. The summed E-state index contributed by atoms with van der Waals surface area (Å²) in [7, 11) is 6.57. The zero-order valence-electron chi connectivity index (χ0n) is 11.4. The van der Waals surface area contributed by atoms with Gasteiger partial charge in [-0.15, -0.1) is 0 Å². The molecular weight excluding hydrogens is 246 g/mol. The van der Waals surface area contributed by atoms with Gasteiger partial charge in [0.25, 0.3) is 0 Å². The first-order valence-corrected chi connectivity index (χ1v) is 5.69. The van der Waals surface area contributed by atoms with Crippen LogP contribution in [0.5, 0.6) is 17.2 Å². The van der Waals surface area contributed by atoms with E-state index in [9.17, 15) is 0 Å². The number of nitrogens with two attached hydrogens (primary N) is 1. The van der Waals surface area contributed by atoms with Gasteiger partial charge < -0.3 is 24.5 Å². The van der Waals surface area contributed by atoms with Crippen molar-refractivity contribution in [2.45, 2.75) is 0 Å². The zero-order valence-corrected chi connectivity index (χ0v) is 11.4. The van der Waals surface area contributed by atoms with Crippen molar-refractivity contribution < 1.29 is 14.2 Å². The highest BCUT2D eigenvalue weighted by Crippen LogP contribution is 2.42. The van der Waals surface area contributed by atoms with Gasteiger partial charge in [-0.2, -0.15) is 0 Å². The molecule has 6 nitrogen and oxygen atoms in total. The summed E-state index contributed by atoms with van der Waals surface area (Å²) in [6.07, 6.45) is 1.65. The van der Waals surface area contributed by atoms with Crippen molar-refractivity contribution in [3.05, 3.63) is 18.5 Å². The Kier molecular flexibility index (Phi) is 3.50. The monoisotopic (exact) mass is 263 g/mol. The van der Waals surface area contributed by atoms with Crippen LogP contribution in [-0.4, -0.2) is 30.9 Å². The third-order valence-corrected chi connectivity index (χ3v) is 2.93. The highest BCUT2D eigenvalue weighted by molar-refractivity contribution is 5.81. The Bertz CT molecular complexity index is 568. The number of benzene rings is 1. The number of nitrogen functional groups attached to an aromatic ring is 1. The lowest BCUT2D eigenvalue weighted by Gasteiger charge is -2.14. The molecule has 0 radical (unpaired) electrons. The Morgan fingerprint density at radius 1 is 1.05 bits per heavy atom. The van der Waals surface area contributed by atoms with Crippen LogP contribution in [-0.2, 0) is 7.05 Å². The molecule has 0 saturated heterocycles. The van der Waals surface area contributed by atoms with Gasteiger partial charge in [-0.3, -0.25) is 0 Å². The van der Waals surface area contributed by atoms with Gasteiger partial charge in [0.2, 0.25) is 0 Å². The van der Waals surface area contributed by atoms with Crippen molar-refractivity contribution in [3.8, 4) is 28.5 Å². The average molecular weight is 263 g/mol. The first kappa shape index (κ1) is 13.1. The molecule has 0 saturated carbocycles. The smallest absolute Gasteiger partial charge is 0.135 e. The second kappa shape index (κ2) is 5.09. The molecule has 1 aromatic carbocycles. The molecule has 1 heterocycles. The molecule has 0 aliphatic carbocycles. The first-order valence-electron chi connectivity index (χ1n) is 5.69. The number of imidazole rings is 1. The number of hydrogen-bond acceptors (Lipinski definition) is 5. The molecule has 0 amide bonds. The van der Waals surface area contributed by atoms with Gasteiger partial charge in [0, 0.05) is 19.2 Å². The Hall–Kier alpha value is -2.37. The second-order valence-corrected chi connectivity index (χ2v) is 4.00. The Labute approximate surface area is 111 Å². The van der Waals surface area contributed by atoms with Crippen LogP contribution in [0, 0.1) is 0 Å². The van der Waals surface area contributed by atoms with Crippen LogP contribution in [0.1, 0.15) is 0 Å². The van der Waals surface area contributed by atoms with Crippen molar-refractivity contribution in [1.82, 2.24) is 9.55 Å². The minimum atomic E-state index is 0.543. The van der Waals surface area contributed by atoms with E-state index in [2.05, 4.69) is 4.98 Å². The predicted molar refractivity (Wildman–Crippen MR) is 72.7 cm³/mol. The quantitative estimate of drug-likeness (QED) is 0.909. The van der Waals surface area contributed by atoms with E-state index in [-0.39, 0.29) is 0 Å². The van der Waals surface area contributed by atoms with Crippen molar-refractivity contribution >= 4 is 5.82 Å². The summed E-state index contributed by atoms with van der Waals surface area (Å²) in [5.41, 5.74) is 7.35. The summed E-state index contributed by atoms with van der Waals surface area (Å²) >= 11 is 0. The van der Waals surface area contributed by atoms with Gasteiger partial charge >= 0.3 is 0 Å². The first-order chi connectivity index (χ1) is 9.12. The highest BCUT2D eigenvalue weighted by Gasteiger charge is 2.20. The zero-order chi connectivity index (χ0) is 14.0. The Balaban J connectivity index is 2.70. The molecular formula is C13H17N3O3. The number of rotatable bonds is 4. The van der Waals surface area contributed by atoms with E-state index in [0.717, 1.165) is 0 Å². The largest absolute Gasteiger partial charge is 0.496 e. The van der Waals surface area contributed by atoms with E-state index in [1.165, 1.54) is 0 Å². The number of aryl methyl sites for hydroxylation is 1. The standard InChI is InChI=1S/C13H17N3O3/c1-16-7-15-12(13(16)14)11-9(18-3)5-8(17-2)6-10(11)19-4/h5-7H,14H2,1-4H3. The molecule has 0 aliphatic rings. The van der Waals surface area contributed by atoms with Crippen LogP contribution in [0.3, 0.4) is 0 Å². The molecule has 2 aromatic rings. The maximum absolute atomic E-state index is 6.01. The Morgan fingerprint density at radius 3 is 2.00 bits per heavy atom. The second-order valence-electron chi connectivity index (χ2n) is 4.00. The van der Waals surface area contributed by atoms with Gasteiger partial charge in [-0.05, 0) is 0 Å². The molecule has 2 N–H and O–H groups in total. The van der Waals surface area contributed by atoms with Gasteiger partial charge in [-0.25, -0.2) is 4.98 Å². The number of methoxy groups -OCH3 is 3. The molecule has 6 heteroatoms. The summed E-state index contributed by atoms with van der Waals surface area (Å²) in [6, 6.07) is 3.54. The van der Waals surface area contributed by atoms with Crippen LogP contribution < -0.4 is 19.9 Å². The van der Waals surface area contributed by atoms with Crippen molar-refractivity contribution in [2.24, 2.45) is 7.05 Å². The van der Waals surface area contributed by atoms with Crippen LogP contribution in [0.15, 0.2) is 18.5 Å². The Morgan fingerprint density at radius 2 is 1.63 bits per heavy atom. The van der Waals surface area contributed by atoms with E-state index in [1.807, 2.05) is 7.05 Å². The van der Waals surface area contributed by atoms with Gasteiger partial charge in [-0.1, -0.05) is 0 Å². The SMILES string of the molecule is COc1cc(OC)c(-c2ncn(C)c2N)c(OC)c1. The molecule has 19 heavy (non-hydrogen) atoms. The average Bonchev–Trinajstić information content (AvgIpc) is 2.77. The van der Waals surface area contributed by atoms with E-state index in [0.29, 0.717) is 34.3 Å². The van der Waals surface area contributed by atoms with E-state index in [1.54, 1.807) is 44.4 Å². The third kappa shape index (κ3) is 2.16. The molecule has 2 rings (SSSR count). The summed E-state index contributed by atoms with van der Waals surface area (Å²) in [5.74, 6) is 2.39. The summed E-state index contributed by atoms with van der Waals surface area (Å²) in [4.78, 5) is 4.30. The number of ether oxygens (including phenoxy) is 3. The van der Waals surface area contributed by atoms with Crippen molar-refractivity contribution in [2.75, 3.05) is 27.1 Å². The number of anilines is 1. The van der Waals surface area contributed by atoms with E-state index >= 15 is 0 Å². The lowest BCUT2D eigenvalue weighted by Crippen LogP contribution is -1.99. The normalized spacial score (nSPS) is 10.3. The fourth-order valence-electron chi connectivity index (χ4n) is 1.87. The number of hydrogen-bond donors (Lipinski definition) is 1. The molecule has 0 unspecified atom stereocenters. The molecule has 0 spiro atoms. The van der Waals surface area contributed by atoms with E-state index < -0.39 is 0 Å². The molecule has 0 bridgehead atoms. The van der Waals surface area contributed by atoms with Crippen molar-refractivity contribution in [3.63, 3.8) is 0 Å².